The molecule has 0 amide bonds. The van der Waals surface area contributed by atoms with Gasteiger partial charge in [0, 0.05) is 0 Å². The molecule has 1 unspecified atom stereocenters. The van der Waals surface area contributed by atoms with Crippen molar-refractivity contribution in [3.05, 3.63) is 23.4 Å². The fourth-order valence-electron chi connectivity index (χ4n) is 1.97. The Labute approximate surface area is 124 Å². The van der Waals surface area contributed by atoms with Gasteiger partial charge in [0.2, 0.25) is 0 Å². The molecule has 0 aromatic carbocycles. The van der Waals surface area contributed by atoms with Crippen LogP contribution in [0.5, 0.6) is 0 Å². The van der Waals surface area contributed by atoms with E-state index in [1.807, 2.05) is 13.8 Å². The van der Waals surface area contributed by atoms with Gasteiger partial charge in [0.15, 0.2) is 0 Å². The van der Waals surface area contributed by atoms with Crippen molar-refractivity contribution < 1.29 is 19.1 Å². The van der Waals surface area contributed by atoms with Crippen LogP contribution in [0, 0.1) is 12.8 Å². The highest BCUT2D eigenvalue weighted by atomic mass is 16.5. The van der Waals surface area contributed by atoms with E-state index >= 15 is 0 Å². The molecule has 1 aromatic heterocycles. The SMILES string of the molecule is COC(=O)c1ccc(NC(CC(C)C)C(=O)OC)nc1C. The number of nitrogens with zero attached hydrogens (tertiary/aromatic N) is 1. The summed E-state index contributed by atoms with van der Waals surface area (Å²) in [6.07, 6.45) is 0.631. The van der Waals surface area contributed by atoms with E-state index in [9.17, 15) is 9.59 Å². The van der Waals surface area contributed by atoms with Crippen LogP contribution in [0.25, 0.3) is 0 Å². The van der Waals surface area contributed by atoms with E-state index in [2.05, 4.69) is 15.0 Å². The molecule has 0 bridgehead atoms. The van der Waals surface area contributed by atoms with E-state index in [0.29, 0.717) is 29.4 Å². The molecule has 0 aliphatic rings. The normalized spacial score (nSPS) is 11.9. The number of hydrogen-bond acceptors (Lipinski definition) is 6. The second-order valence-electron chi connectivity index (χ2n) is 5.17. The third kappa shape index (κ3) is 4.73. The van der Waals surface area contributed by atoms with Gasteiger partial charge < -0.3 is 14.8 Å². The van der Waals surface area contributed by atoms with Gasteiger partial charge in [0.25, 0.3) is 0 Å². The first-order valence-corrected chi connectivity index (χ1v) is 6.79. The van der Waals surface area contributed by atoms with Crippen LogP contribution in [0.3, 0.4) is 0 Å². The molecular weight excluding hydrogens is 272 g/mol. The highest BCUT2D eigenvalue weighted by molar-refractivity contribution is 5.90. The summed E-state index contributed by atoms with van der Waals surface area (Å²) in [5, 5.41) is 3.05. The Morgan fingerprint density at radius 1 is 1.24 bits per heavy atom. The molecule has 1 rings (SSSR count). The number of pyridine rings is 1. The monoisotopic (exact) mass is 294 g/mol. The zero-order valence-electron chi connectivity index (χ0n) is 13.1. The smallest absolute Gasteiger partial charge is 0.339 e. The van der Waals surface area contributed by atoms with Gasteiger partial charge >= 0.3 is 11.9 Å². The van der Waals surface area contributed by atoms with Gasteiger partial charge in [-0.15, -0.1) is 0 Å². The largest absolute Gasteiger partial charge is 0.467 e. The lowest BCUT2D eigenvalue weighted by molar-refractivity contribution is -0.141. The van der Waals surface area contributed by atoms with Crippen molar-refractivity contribution in [3.63, 3.8) is 0 Å². The molecule has 21 heavy (non-hydrogen) atoms. The molecule has 1 heterocycles. The first-order valence-electron chi connectivity index (χ1n) is 6.79. The van der Waals surface area contributed by atoms with Crippen LogP contribution in [0.1, 0.15) is 36.3 Å². The number of aryl methyl sites for hydroxylation is 1. The minimum absolute atomic E-state index is 0.331. The lowest BCUT2D eigenvalue weighted by Gasteiger charge is -2.19. The summed E-state index contributed by atoms with van der Waals surface area (Å²) in [6, 6.07) is 2.81. The third-order valence-electron chi connectivity index (χ3n) is 3.01. The van der Waals surface area contributed by atoms with Crippen molar-refractivity contribution >= 4 is 17.8 Å². The number of rotatable bonds is 6. The number of esters is 2. The van der Waals surface area contributed by atoms with Gasteiger partial charge in [-0.2, -0.15) is 0 Å². The van der Waals surface area contributed by atoms with Crippen LogP contribution in [-0.4, -0.2) is 37.2 Å². The molecule has 1 atom stereocenters. The Morgan fingerprint density at radius 2 is 1.90 bits per heavy atom. The third-order valence-corrected chi connectivity index (χ3v) is 3.01. The molecule has 0 saturated carbocycles. The Hall–Kier alpha value is -2.11. The van der Waals surface area contributed by atoms with Gasteiger partial charge in [-0.05, 0) is 31.4 Å². The van der Waals surface area contributed by atoms with Crippen molar-refractivity contribution in [2.75, 3.05) is 19.5 Å². The summed E-state index contributed by atoms with van der Waals surface area (Å²) in [7, 11) is 2.68. The van der Waals surface area contributed by atoms with Crippen LogP contribution in [0.15, 0.2) is 12.1 Å². The highest BCUT2D eigenvalue weighted by Gasteiger charge is 2.21. The van der Waals surface area contributed by atoms with Crippen LogP contribution in [-0.2, 0) is 14.3 Å². The quantitative estimate of drug-likeness (QED) is 0.810. The van der Waals surface area contributed by atoms with Gasteiger partial charge in [0.05, 0.1) is 25.5 Å². The number of aromatic nitrogens is 1. The maximum absolute atomic E-state index is 11.8. The van der Waals surface area contributed by atoms with Gasteiger partial charge in [-0.3, -0.25) is 0 Å². The predicted molar refractivity (Wildman–Crippen MR) is 79.2 cm³/mol. The number of ether oxygens (including phenoxy) is 2. The second kappa shape index (κ2) is 7.61. The van der Waals surface area contributed by atoms with Crippen molar-refractivity contribution in [2.45, 2.75) is 33.2 Å². The average Bonchev–Trinajstić information content (AvgIpc) is 2.44. The van der Waals surface area contributed by atoms with Crippen LogP contribution >= 0.6 is 0 Å². The molecule has 6 nitrogen and oxygen atoms in total. The summed E-state index contributed by atoms with van der Waals surface area (Å²) < 4.78 is 9.46. The van der Waals surface area contributed by atoms with E-state index in [4.69, 9.17) is 4.74 Å². The minimum atomic E-state index is -0.467. The summed E-state index contributed by atoms with van der Waals surface area (Å²) in [5.74, 6) is 0.0895. The number of carbonyl (C=O) groups excluding carboxylic acids is 2. The molecule has 116 valence electrons. The zero-order chi connectivity index (χ0) is 16.0. The lowest BCUT2D eigenvalue weighted by atomic mass is 10.0. The molecule has 0 aliphatic heterocycles. The van der Waals surface area contributed by atoms with Crippen molar-refractivity contribution in [1.29, 1.82) is 0 Å². The lowest BCUT2D eigenvalue weighted by Crippen LogP contribution is -2.32. The maximum atomic E-state index is 11.8. The molecular formula is C15H22N2O4. The molecule has 1 aromatic rings. The van der Waals surface area contributed by atoms with E-state index in [0.717, 1.165) is 0 Å². The molecule has 6 heteroatoms. The van der Waals surface area contributed by atoms with Crippen molar-refractivity contribution in [2.24, 2.45) is 5.92 Å². The van der Waals surface area contributed by atoms with Crippen LogP contribution in [0.4, 0.5) is 5.82 Å². The molecule has 0 saturated heterocycles. The van der Waals surface area contributed by atoms with Crippen molar-refractivity contribution in [1.82, 2.24) is 4.98 Å². The molecule has 1 N–H and O–H groups in total. The van der Waals surface area contributed by atoms with E-state index in [1.165, 1.54) is 14.2 Å². The number of methoxy groups -OCH3 is 2. The van der Waals surface area contributed by atoms with Crippen LogP contribution < -0.4 is 5.32 Å². The topological polar surface area (TPSA) is 77.5 Å². The fourth-order valence-corrected chi connectivity index (χ4v) is 1.97. The first kappa shape index (κ1) is 16.9. The van der Waals surface area contributed by atoms with Gasteiger partial charge in [-0.25, -0.2) is 14.6 Å². The number of nitrogens with one attached hydrogen (secondary N) is 1. The molecule has 0 aliphatic carbocycles. The first-order chi connectivity index (χ1) is 9.88. The number of anilines is 1. The highest BCUT2D eigenvalue weighted by Crippen LogP contribution is 2.15. The Balaban J connectivity index is 2.92. The standard InChI is InChI=1S/C15H22N2O4/c1-9(2)8-12(15(19)21-5)17-13-7-6-11(10(3)16-13)14(18)20-4/h6-7,9,12H,8H2,1-5H3,(H,16,17). The Bertz CT molecular complexity index is 514. The Morgan fingerprint density at radius 3 is 2.38 bits per heavy atom. The van der Waals surface area contributed by atoms with E-state index < -0.39 is 12.0 Å². The van der Waals surface area contributed by atoms with Gasteiger partial charge in [0.1, 0.15) is 11.9 Å². The summed E-state index contributed by atoms with van der Waals surface area (Å²) in [6.45, 7) is 5.76. The Kier molecular flexibility index (Phi) is 6.14. The number of carbonyl (C=O) groups is 2. The second-order valence-corrected chi connectivity index (χ2v) is 5.17. The zero-order valence-corrected chi connectivity index (χ0v) is 13.1. The summed E-state index contributed by atoms with van der Waals surface area (Å²) in [5.41, 5.74) is 0.946. The average molecular weight is 294 g/mol. The van der Waals surface area contributed by atoms with Crippen molar-refractivity contribution in [3.8, 4) is 0 Å². The summed E-state index contributed by atoms with van der Waals surface area (Å²) in [4.78, 5) is 27.6. The minimum Gasteiger partial charge on any atom is -0.467 e. The van der Waals surface area contributed by atoms with E-state index in [1.54, 1.807) is 19.1 Å². The van der Waals surface area contributed by atoms with Crippen LogP contribution in [0.2, 0.25) is 0 Å². The number of hydrogen-bond donors (Lipinski definition) is 1. The van der Waals surface area contributed by atoms with E-state index in [-0.39, 0.29) is 5.97 Å². The predicted octanol–water partition coefficient (Wildman–Crippen LogP) is 2.18. The fraction of sp³-hybridized carbons (Fsp3) is 0.533. The van der Waals surface area contributed by atoms with Gasteiger partial charge in [-0.1, -0.05) is 13.8 Å². The molecule has 0 fully saturated rings. The molecule has 0 radical (unpaired) electrons. The summed E-state index contributed by atoms with van der Waals surface area (Å²) >= 11 is 0. The molecule has 0 spiro atoms. The maximum Gasteiger partial charge on any atom is 0.339 e.